The Morgan fingerprint density at radius 2 is 1.11 bits per heavy atom. The Kier molecular flexibility index (Phi) is 6.80. The number of nitrogens with zero attached hydrogens (tertiary/aromatic N) is 1. The molecule has 0 atom stereocenters. The van der Waals surface area contributed by atoms with E-state index in [0.717, 1.165) is 61.4 Å². The first kappa shape index (κ1) is 31.2. The predicted octanol–water partition coefficient (Wildman–Crippen LogP) is 15.7. The fraction of sp³-hybridized carbons (Fsp3) is 0. The first-order chi connectivity index (χ1) is 27.7. The first-order valence-corrected chi connectivity index (χ1v) is 19.7. The van der Waals surface area contributed by atoms with E-state index in [1.54, 1.807) is 0 Å². The summed E-state index contributed by atoms with van der Waals surface area (Å²) in [6.07, 6.45) is 0. The highest BCUT2D eigenvalue weighted by Crippen LogP contribution is 2.52. The van der Waals surface area contributed by atoms with E-state index in [9.17, 15) is 0 Å². The van der Waals surface area contributed by atoms with Crippen LogP contribution in [0.15, 0.2) is 192 Å². The zero-order valence-electron chi connectivity index (χ0n) is 30.1. The topological polar surface area (TPSA) is 25.6 Å². The maximum absolute atomic E-state index is 6.86. The van der Waals surface area contributed by atoms with Gasteiger partial charge in [-0.2, -0.15) is 0 Å². The molecule has 0 aliphatic carbocycles. The summed E-state index contributed by atoms with van der Waals surface area (Å²) < 4.78 is 16.0. The van der Waals surface area contributed by atoms with Crippen LogP contribution in [0.1, 0.15) is 0 Å². The Balaban J connectivity index is 1.05. The Bertz CT molecular complexity index is 3340. The highest BCUT2D eigenvalue weighted by Gasteiger charge is 2.25. The van der Waals surface area contributed by atoms with Crippen molar-refractivity contribution in [1.82, 2.24) is 0 Å². The van der Waals surface area contributed by atoms with Crippen LogP contribution >= 0.6 is 11.3 Å². The van der Waals surface area contributed by atoms with Crippen molar-refractivity contribution in [2.24, 2.45) is 0 Å². The fourth-order valence-electron chi connectivity index (χ4n) is 8.71. The molecular weight excluding hydrogens is 703 g/mol. The lowest BCUT2D eigenvalue weighted by Gasteiger charge is -2.29. The number of hydrogen-bond donors (Lipinski definition) is 0. The average molecular weight is 734 g/mol. The fourth-order valence-corrected chi connectivity index (χ4v) is 9.84. The van der Waals surface area contributed by atoms with Crippen LogP contribution in [-0.2, 0) is 0 Å². The van der Waals surface area contributed by atoms with Crippen LogP contribution in [0.5, 0.6) is 11.5 Å². The zero-order valence-corrected chi connectivity index (χ0v) is 30.9. The summed E-state index contributed by atoms with van der Waals surface area (Å²) >= 11 is 1.83. The van der Waals surface area contributed by atoms with E-state index in [1.807, 2.05) is 11.3 Å². The van der Waals surface area contributed by atoms with Crippen LogP contribution < -0.4 is 9.64 Å². The van der Waals surface area contributed by atoms with Crippen LogP contribution in [0.3, 0.4) is 0 Å². The molecule has 0 amide bonds. The normalized spacial score (nSPS) is 12.1. The lowest BCUT2D eigenvalue weighted by molar-refractivity contribution is 0.487. The van der Waals surface area contributed by atoms with Crippen molar-refractivity contribution in [2.75, 3.05) is 4.90 Å². The Morgan fingerprint density at radius 1 is 0.375 bits per heavy atom. The van der Waals surface area contributed by atoms with Gasteiger partial charge in [0, 0.05) is 65.4 Å². The molecule has 4 heteroatoms. The number of benzene rings is 9. The minimum atomic E-state index is 0.834. The van der Waals surface area contributed by atoms with Crippen molar-refractivity contribution in [2.45, 2.75) is 0 Å². The Morgan fingerprint density at radius 3 is 2.00 bits per heavy atom. The lowest BCUT2D eigenvalue weighted by Crippen LogP contribution is -2.11. The number of fused-ring (bicyclic) bond motifs is 8. The predicted molar refractivity (Wildman–Crippen MR) is 235 cm³/mol. The number of hydrogen-bond acceptors (Lipinski definition) is 4. The van der Waals surface area contributed by atoms with Gasteiger partial charge in [-0.3, -0.25) is 0 Å². The zero-order chi connectivity index (χ0) is 36.7. The first-order valence-electron chi connectivity index (χ1n) is 18.9. The standard InChI is InChI=1S/C52H31NO2S/c1-3-11-32(12-4-1)34-21-27-45-43(29-34)39-25-23-36(31-48(39)54-45)53(44-18-10-20-50-52(44)42-15-7-8-19-49(42)56-50)35-22-24-38-41-17-9-16-40-37(33-13-5-2-6-14-33)26-28-46(51(40)41)55-47(38)30-35/h1-31H. The van der Waals surface area contributed by atoms with Gasteiger partial charge in [0.25, 0.3) is 0 Å². The molecule has 3 heterocycles. The van der Waals surface area contributed by atoms with Crippen molar-refractivity contribution >= 4 is 81.3 Å². The molecule has 1 aliphatic rings. The molecule has 0 unspecified atom stereocenters. The summed E-state index contributed by atoms with van der Waals surface area (Å²) in [5, 5.41) is 7.01. The third kappa shape index (κ3) is 4.76. The SMILES string of the molecule is c1ccc(-c2ccc3oc4cc(N(c5ccc6c(c5)Oc5ccc(-c7ccccc7)c7cccc-6c57)c5cccc6sc7ccccc7c56)ccc4c3c2)cc1. The molecule has 0 radical (unpaired) electrons. The Hall–Kier alpha value is -7.14. The lowest BCUT2D eigenvalue weighted by atomic mass is 9.90. The molecular formula is C52H31NO2S. The van der Waals surface area contributed by atoms with E-state index in [4.69, 9.17) is 9.15 Å². The Labute approximate surface area is 326 Å². The van der Waals surface area contributed by atoms with Gasteiger partial charge < -0.3 is 14.1 Å². The maximum Gasteiger partial charge on any atom is 0.137 e. The van der Waals surface area contributed by atoms with Gasteiger partial charge in [-0.1, -0.05) is 115 Å². The molecule has 0 spiro atoms. The van der Waals surface area contributed by atoms with Gasteiger partial charge in [0.05, 0.1) is 5.69 Å². The van der Waals surface area contributed by atoms with Crippen LogP contribution in [-0.4, -0.2) is 0 Å². The molecule has 9 aromatic carbocycles. The second-order valence-corrected chi connectivity index (χ2v) is 15.5. The van der Waals surface area contributed by atoms with Gasteiger partial charge in [0.15, 0.2) is 0 Å². The average Bonchev–Trinajstić information content (AvgIpc) is 3.83. The molecule has 0 N–H and O–H groups in total. The molecule has 1 aliphatic heterocycles. The molecule has 0 saturated carbocycles. The summed E-state index contributed by atoms with van der Waals surface area (Å²) in [7, 11) is 0. The number of anilines is 3. The summed E-state index contributed by atoms with van der Waals surface area (Å²) in [5.74, 6) is 1.71. The second kappa shape index (κ2) is 12.2. The third-order valence-electron chi connectivity index (χ3n) is 11.3. The van der Waals surface area contributed by atoms with Crippen molar-refractivity contribution in [3.63, 3.8) is 0 Å². The van der Waals surface area contributed by atoms with E-state index in [-0.39, 0.29) is 0 Å². The number of thiophene rings is 1. The number of rotatable bonds is 5. The molecule has 11 aromatic rings. The highest BCUT2D eigenvalue weighted by molar-refractivity contribution is 7.26. The van der Waals surface area contributed by atoms with Crippen molar-refractivity contribution < 1.29 is 9.15 Å². The summed E-state index contributed by atoms with van der Waals surface area (Å²) in [5.41, 5.74) is 11.9. The van der Waals surface area contributed by atoms with Gasteiger partial charge in [0.2, 0.25) is 0 Å². The number of furan rings is 1. The summed E-state index contributed by atoms with van der Waals surface area (Å²) in [6, 6.07) is 67.1. The monoisotopic (exact) mass is 733 g/mol. The minimum Gasteiger partial charge on any atom is -0.456 e. The third-order valence-corrected chi connectivity index (χ3v) is 12.4. The van der Waals surface area contributed by atoms with E-state index in [0.29, 0.717) is 0 Å². The van der Waals surface area contributed by atoms with Crippen LogP contribution in [0.25, 0.3) is 86.3 Å². The van der Waals surface area contributed by atoms with E-state index in [2.05, 4.69) is 193 Å². The van der Waals surface area contributed by atoms with Crippen LogP contribution in [0.2, 0.25) is 0 Å². The highest BCUT2D eigenvalue weighted by atomic mass is 32.1. The summed E-state index contributed by atoms with van der Waals surface area (Å²) in [4.78, 5) is 2.36. The van der Waals surface area contributed by atoms with Gasteiger partial charge in [0.1, 0.15) is 22.7 Å². The maximum atomic E-state index is 6.86. The molecule has 0 saturated heterocycles. The van der Waals surface area contributed by atoms with E-state index < -0.39 is 0 Å². The summed E-state index contributed by atoms with van der Waals surface area (Å²) in [6.45, 7) is 0. The molecule has 0 bridgehead atoms. The van der Waals surface area contributed by atoms with E-state index >= 15 is 0 Å². The van der Waals surface area contributed by atoms with Gasteiger partial charge in [-0.05, 0) is 93.9 Å². The van der Waals surface area contributed by atoms with Gasteiger partial charge in [-0.15, -0.1) is 11.3 Å². The molecule has 262 valence electrons. The smallest absolute Gasteiger partial charge is 0.137 e. The van der Waals surface area contributed by atoms with Crippen molar-refractivity contribution in [3.8, 4) is 44.9 Å². The molecule has 56 heavy (non-hydrogen) atoms. The molecule has 3 nitrogen and oxygen atoms in total. The quantitative estimate of drug-likeness (QED) is 0.176. The molecule has 12 rings (SSSR count). The number of ether oxygens (including phenoxy) is 1. The minimum absolute atomic E-state index is 0.834. The molecule has 2 aromatic heterocycles. The largest absolute Gasteiger partial charge is 0.456 e. The molecule has 0 fully saturated rings. The van der Waals surface area contributed by atoms with Crippen molar-refractivity contribution in [3.05, 3.63) is 188 Å². The van der Waals surface area contributed by atoms with Gasteiger partial charge in [-0.25, -0.2) is 0 Å². The van der Waals surface area contributed by atoms with E-state index in [1.165, 1.54) is 53.4 Å². The van der Waals surface area contributed by atoms with Crippen LogP contribution in [0.4, 0.5) is 17.1 Å². The van der Waals surface area contributed by atoms with Crippen molar-refractivity contribution in [1.29, 1.82) is 0 Å². The second-order valence-electron chi connectivity index (χ2n) is 14.4. The van der Waals surface area contributed by atoms with Gasteiger partial charge >= 0.3 is 0 Å². The van der Waals surface area contributed by atoms with Crippen LogP contribution in [0, 0.1) is 0 Å².